The van der Waals surface area contributed by atoms with E-state index in [0.717, 1.165) is 91.1 Å². The molecule has 0 spiro atoms. The number of aromatic nitrogens is 4. The van der Waals surface area contributed by atoms with Crippen LogP contribution in [0.25, 0.3) is 22.0 Å². The number of hydrogen-bond acceptors (Lipinski definition) is 8. The molecule has 0 aliphatic carbocycles. The van der Waals surface area contributed by atoms with E-state index in [0.29, 0.717) is 17.5 Å². The van der Waals surface area contributed by atoms with Crippen LogP contribution in [0.5, 0.6) is 0 Å². The number of aryl methyl sites for hydroxylation is 2. The second-order valence-corrected chi connectivity index (χ2v) is 13.8. The van der Waals surface area contributed by atoms with Gasteiger partial charge < -0.3 is 15.2 Å². The zero-order valence-electron chi connectivity index (χ0n) is 29.9. The first kappa shape index (κ1) is 36.7. The molecule has 268 valence electrons. The number of H-pyrrole nitrogens is 1. The molecule has 12 nitrogen and oxygen atoms in total. The third-order valence-electron chi connectivity index (χ3n) is 9.65. The molecule has 0 bridgehead atoms. The summed E-state index contributed by atoms with van der Waals surface area (Å²) in [6.45, 7) is 13.0. The van der Waals surface area contributed by atoms with Gasteiger partial charge in [-0.3, -0.25) is 29.2 Å². The Morgan fingerprint density at radius 3 is 2.30 bits per heavy atom. The zero-order chi connectivity index (χ0) is 35.6. The Kier molecular flexibility index (Phi) is 12.8. The molecule has 1 fully saturated rings. The van der Waals surface area contributed by atoms with Crippen LogP contribution in [-0.2, 0) is 11.3 Å². The number of aromatic amines is 1. The third kappa shape index (κ3) is 9.36. The quantitative estimate of drug-likeness (QED) is 0.0671. The fourth-order valence-corrected chi connectivity index (χ4v) is 6.78. The molecule has 1 aromatic carbocycles. The Labute approximate surface area is 294 Å². The number of hydrogen-bond donors (Lipinski definition) is 4. The average Bonchev–Trinajstić information content (AvgIpc) is 3.55. The Hall–Kier alpha value is -4.55. The van der Waals surface area contributed by atoms with Crippen LogP contribution < -0.4 is 21.3 Å². The number of rotatable bonds is 16. The highest BCUT2D eigenvalue weighted by Crippen LogP contribution is 2.30. The van der Waals surface area contributed by atoms with Crippen LogP contribution in [0.4, 0.5) is 5.82 Å². The van der Waals surface area contributed by atoms with Gasteiger partial charge in [-0.05, 0) is 88.5 Å². The normalized spacial score (nSPS) is 13.7. The summed E-state index contributed by atoms with van der Waals surface area (Å²) in [4.78, 5) is 49.8. The van der Waals surface area contributed by atoms with Crippen molar-refractivity contribution >= 4 is 28.5 Å². The van der Waals surface area contributed by atoms with Crippen LogP contribution in [0.1, 0.15) is 98.4 Å². The van der Waals surface area contributed by atoms with E-state index >= 15 is 0 Å². The van der Waals surface area contributed by atoms with Crippen LogP contribution in [0, 0.1) is 13.8 Å². The van der Waals surface area contributed by atoms with E-state index < -0.39 is 0 Å². The van der Waals surface area contributed by atoms with Crippen molar-refractivity contribution < 1.29 is 14.8 Å². The number of benzene rings is 1. The number of amides is 2. The number of carbonyl (C=O) groups is 2. The largest absolute Gasteiger partial charge is 0.354 e. The van der Waals surface area contributed by atoms with E-state index in [2.05, 4.69) is 57.2 Å². The van der Waals surface area contributed by atoms with Crippen LogP contribution in [0.3, 0.4) is 0 Å². The molecular weight excluding hydrogens is 632 g/mol. The molecule has 4 aromatic rings. The van der Waals surface area contributed by atoms with Crippen molar-refractivity contribution in [2.45, 2.75) is 91.6 Å². The topological polar surface area (TPSA) is 148 Å². The van der Waals surface area contributed by atoms with Gasteiger partial charge in [-0.2, -0.15) is 5.10 Å². The number of unbranched alkanes of at least 4 members (excludes halogenated alkanes) is 6. The molecule has 4 N–H and O–H groups in total. The van der Waals surface area contributed by atoms with Crippen molar-refractivity contribution in [2.75, 3.05) is 37.6 Å². The number of hydroxylamine groups is 1. The summed E-state index contributed by atoms with van der Waals surface area (Å²) in [7, 11) is 0. The Morgan fingerprint density at radius 1 is 0.920 bits per heavy atom. The molecular formula is C38H52N8O4. The summed E-state index contributed by atoms with van der Waals surface area (Å²) in [6.07, 6.45) is 11.8. The third-order valence-corrected chi connectivity index (χ3v) is 9.65. The minimum absolute atomic E-state index is 0.108. The molecule has 2 amide bonds. The van der Waals surface area contributed by atoms with Gasteiger partial charge >= 0.3 is 0 Å². The Bertz CT molecular complexity index is 1810. The lowest BCUT2D eigenvalue weighted by atomic mass is 10.0. The van der Waals surface area contributed by atoms with Crippen LogP contribution in [0.2, 0.25) is 0 Å². The Morgan fingerprint density at radius 2 is 1.64 bits per heavy atom. The lowest BCUT2D eigenvalue weighted by Gasteiger charge is -2.35. The zero-order valence-corrected chi connectivity index (χ0v) is 29.9. The first-order valence-electron chi connectivity index (χ1n) is 18.0. The van der Waals surface area contributed by atoms with Gasteiger partial charge in [0.25, 0.3) is 11.5 Å². The summed E-state index contributed by atoms with van der Waals surface area (Å²) in [5.74, 6) is 0.392. The van der Waals surface area contributed by atoms with Gasteiger partial charge in [-0.15, -0.1) is 0 Å². The minimum Gasteiger partial charge on any atom is -0.354 e. The maximum atomic E-state index is 13.6. The molecule has 0 unspecified atom stereocenters. The van der Waals surface area contributed by atoms with Gasteiger partial charge in [0, 0.05) is 73.6 Å². The number of fused-ring (bicyclic) bond motifs is 1. The molecule has 1 saturated heterocycles. The van der Waals surface area contributed by atoms with Crippen LogP contribution >= 0.6 is 0 Å². The van der Waals surface area contributed by atoms with E-state index in [9.17, 15) is 14.4 Å². The molecule has 1 aliphatic heterocycles. The van der Waals surface area contributed by atoms with Gasteiger partial charge in [-0.1, -0.05) is 32.1 Å². The predicted octanol–water partition coefficient (Wildman–Crippen LogP) is 5.66. The summed E-state index contributed by atoms with van der Waals surface area (Å²) in [5.41, 5.74) is 6.85. The smallest absolute Gasteiger partial charge is 0.253 e. The maximum Gasteiger partial charge on any atom is 0.253 e. The van der Waals surface area contributed by atoms with E-state index in [-0.39, 0.29) is 30.0 Å². The van der Waals surface area contributed by atoms with Crippen molar-refractivity contribution in [1.29, 1.82) is 0 Å². The molecule has 5 rings (SSSR count). The lowest BCUT2D eigenvalue weighted by molar-refractivity contribution is -0.129. The monoisotopic (exact) mass is 684 g/mol. The van der Waals surface area contributed by atoms with Gasteiger partial charge in [0.1, 0.15) is 5.82 Å². The SMILES string of the molecule is Cc1cc(C)c(CNC(=O)c2cc(-c3ccc(N4CCN(CCCCCCCCCC(=O)NO)CC4)nc3)cc3c2cnn3C(C)C)c(=O)[nH]1. The number of nitrogens with one attached hydrogen (secondary N) is 3. The summed E-state index contributed by atoms with van der Waals surface area (Å²) in [5, 5.41) is 16.9. The van der Waals surface area contributed by atoms with Crippen molar-refractivity contribution in [3.63, 3.8) is 0 Å². The molecule has 0 radical (unpaired) electrons. The molecule has 1 aliphatic rings. The standard InChI is InChI=1S/C38H52N8O4/c1-26(2)46-34-22-30(21-31(33(34)25-41-46)37(48)40-24-32-27(3)20-28(4)42-38(32)49)29-13-14-35(39-23-29)45-18-16-44(17-19-45)15-11-9-7-5-6-8-10-12-36(47)43-50/h13-14,20-23,25-26,50H,5-12,15-19,24H2,1-4H3,(H,40,48)(H,42,49)(H,43,47). The summed E-state index contributed by atoms with van der Waals surface area (Å²) >= 11 is 0. The second-order valence-electron chi connectivity index (χ2n) is 13.8. The van der Waals surface area contributed by atoms with Crippen molar-refractivity contribution in [1.82, 2.24) is 35.4 Å². The van der Waals surface area contributed by atoms with Gasteiger partial charge in [0.15, 0.2) is 0 Å². The van der Waals surface area contributed by atoms with Crippen molar-refractivity contribution in [2.24, 2.45) is 0 Å². The second kappa shape index (κ2) is 17.4. The number of anilines is 1. The molecule has 50 heavy (non-hydrogen) atoms. The molecule has 12 heteroatoms. The van der Waals surface area contributed by atoms with E-state index in [1.807, 2.05) is 36.9 Å². The van der Waals surface area contributed by atoms with Crippen molar-refractivity contribution in [3.8, 4) is 11.1 Å². The molecule has 3 aromatic heterocycles. The van der Waals surface area contributed by atoms with Gasteiger partial charge in [-0.25, -0.2) is 10.5 Å². The van der Waals surface area contributed by atoms with Crippen molar-refractivity contribution in [3.05, 3.63) is 75.5 Å². The summed E-state index contributed by atoms with van der Waals surface area (Å²) in [6, 6.07) is 10.1. The minimum atomic E-state index is -0.301. The van der Waals surface area contributed by atoms with Gasteiger partial charge in [0.2, 0.25) is 5.91 Å². The maximum absolute atomic E-state index is 13.6. The van der Waals surface area contributed by atoms with Gasteiger partial charge in [0.05, 0.1) is 17.3 Å². The number of piperazine rings is 1. The summed E-state index contributed by atoms with van der Waals surface area (Å²) < 4.78 is 1.93. The molecule has 0 saturated carbocycles. The van der Waals surface area contributed by atoms with Crippen LogP contribution in [0.15, 0.2) is 47.5 Å². The first-order chi connectivity index (χ1) is 24.1. The fourth-order valence-electron chi connectivity index (χ4n) is 6.78. The predicted molar refractivity (Wildman–Crippen MR) is 197 cm³/mol. The molecule has 4 heterocycles. The lowest BCUT2D eigenvalue weighted by Crippen LogP contribution is -2.46. The highest BCUT2D eigenvalue weighted by molar-refractivity contribution is 6.08. The number of nitrogens with zero attached hydrogens (tertiary/aromatic N) is 5. The Balaban J connectivity index is 1.17. The highest BCUT2D eigenvalue weighted by Gasteiger charge is 2.20. The van der Waals surface area contributed by atoms with E-state index in [1.165, 1.54) is 25.7 Å². The average molecular weight is 685 g/mol. The molecule has 0 atom stereocenters. The van der Waals surface area contributed by atoms with E-state index in [4.69, 9.17) is 10.2 Å². The number of pyridine rings is 2. The highest BCUT2D eigenvalue weighted by atomic mass is 16.5. The number of carbonyl (C=O) groups excluding carboxylic acids is 2. The van der Waals surface area contributed by atoms with E-state index in [1.54, 1.807) is 11.7 Å². The first-order valence-corrected chi connectivity index (χ1v) is 18.0. The van der Waals surface area contributed by atoms with Crippen LogP contribution in [-0.4, -0.2) is 74.4 Å². The fraction of sp³-hybridized carbons (Fsp3) is 0.500.